The number of para-hydroxylation sites is 1. The highest BCUT2D eigenvalue weighted by Gasteiger charge is 2.15. The second kappa shape index (κ2) is 9.18. The van der Waals surface area contributed by atoms with Gasteiger partial charge >= 0.3 is 0 Å². The van der Waals surface area contributed by atoms with Gasteiger partial charge in [0.05, 0.1) is 26.0 Å². The van der Waals surface area contributed by atoms with Crippen LogP contribution in [0.15, 0.2) is 59.7 Å². The predicted molar refractivity (Wildman–Crippen MR) is 91.3 cm³/mol. The molecule has 0 saturated heterocycles. The highest BCUT2D eigenvalue weighted by atomic mass is 16.5. The van der Waals surface area contributed by atoms with Gasteiger partial charge in [0.1, 0.15) is 11.5 Å². The van der Waals surface area contributed by atoms with Crippen molar-refractivity contribution in [1.29, 1.82) is 0 Å². The van der Waals surface area contributed by atoms with Crippen molar-refractivity contribution in [2.75, 3.05) is 13.7 Å². The number of hydrogen-bond donors (Lipinski definition) is 1. The van der Waals surface area contributed by atoms with Gasteiger partial charge in [-0.2, -0.15) is 0 Å². The Labute approximate surface area is 138 Å². The minimum absolute atomic E-state index is 0.391. The molecule has 4 nitrogen and oxygen atoms in total. The van der Waals surface area contributed by atoms with E-state index in [1.807, 2.05) is 42.5 Å². The number of benzene rings is 1. The van der Waals surface area contributed by atoms with E-state index in [1.54, 1.807) is 13.4 Å². The number of hydrogen-bond acceptors (Lipinski definition) is 4. The van der Waals surface area contributed by atoms with Gasteiger partial charge in [-0.3, -0.25) is 4.90 Å². The van der Waals surface area contributed by atoms with Crippen molar-refractivity contribution in [3.05, 3.63) is 66.6 Å². The minimum atomic E-state index is -0.391. The SMILES string of the molecule is C=CCC[C@@H](O)CN(Cc1ccco1)Cc1ccccc1OC. The second-order valence-electron chi connectivity index (χ2n) is 5.58. The fraction of sp³-hybridized carbons (Fsp3) is 0.368. The van der Waals surface area contributed by atoms with Crippen molar-refractivity contribution in [2.45, 2.75) is 32.0 Å². The third-order valence-corrected chi connectivity index (χ3v) is 3.72. The molecule has 1 heterocycles. The molecule has 1 aromatic carbocycles. The number of aliphatic hydroxyl groups is 1. The molecule has 124 valence electrons. The summed E-state index contributed by atoms with van der Waals surface area (Å²) in [6.45, 7) is 5.62. The monoisotopic (exact) mass is 315 g/mol. The van der Waals surface area contributed by atoms with Crippen molar-refractivity contribution >= 4 is 0 Å². The molecule has 0 aliphatic carbocycles. The molecule has 0 aliphatic heterocycles. The summed E-state index contributed by atoms with van der Waals surface area (Å²) in [5.74, 6) is 1.74. The Kier molecular flexibility index (Phi) is 6.91. The average Bonchev–Trinajstić information content (AvgIpc) is 3.06. The van der Waals surface area contributed by atoms with Crippen LogP contribution in [0.1, 0.15) is 24.2 Å². The highest BCUT2D eigenvalue weighted by Crippen LogP contribution is 2.21. The van der Waals surface area contributed by atoms with Crippen molar-refractivity contribution < 1.29 is 14.3 Å². The average molecular weight is 315 g/mol. The molecule has 2 rings (SSSR count). The first-order valence-electron chi connectivity index (χ1n) is 7.88. The van der Waals surface area contributed by atoms with Gasteiger partial charge in [-0.25, -0.2) is 0 Å². The lowest BCUT2D eigenvalue weighted by molar-refractivity contribution is 0.0940. The van der Waals surface area contributed by atoms with E-state index in [9.17, 15) is 5.11 Å². The number of furan rings is 1. The number of methoxy groups -OCH3 is 1. The Morgan fingerprint density at radius 2 is 2.09 bits per heavy atom. The van der Waals surface area contributed by atoms with E-state index < -0.39 is 6.10 Å². The zero-order chi connectivity index (χ0) is 16.5. The van der Waals surface area contributed by atoms with Crippen molar-refractivity contribution in [3.63, 3.8) is 0 Å². The second-order valence-corrected chi connectivity index (χ2v) is 5.58. The quantitative estimate of drug-likeness (QED) is 0.680. The van der Waals surface area contributed by atoms with Crippen LogP contribution in [0.5, 0.6) is 5.75 Å². The van der Waals surface area contributed by atoms with Gasteiger partial charge in [0.2, 0.25) is 0 Å². The number of aliphatic hydroxyl groups excluding tert-OH is 1. The summed E-state index contributed by atoms with van der Waals surface area (Å²) in [5.41, 5.74) is 1.09. The standard InChI is InChI=1S/C19H25NO3/c1-3-4-9-17(21)14-20(15-18-10-7-12-23-18)13-16-8-5-6-11-19(16)22-2/h3,5-8,10-12,17,21H,1,4,9,13-15H2,2H3/t17-/m1/s1. The highest BCUT2D eigenvalue weighted by molar-refractivity contribution is 5.33. The van der Waals surface area contributed by atoms with E-state index in [2.05, 4.69) is 11.5 Å². The third-order valence-electron chi connectivity index (χ3n) is 3.72. The maximum Gasteiger partial charge on any atom is 0.123 e. The molecular weight excluding hydrogens is 290 g/mol. The topological polar surface area (TPSA) is 45.8 Å². The smallest absolute Gasteiger partial charge is 0.123 e. The molecule has 2 aromatic rings. The van der Waals surface area contributed by atoms with E-state index in [1.165, 1.54) is 0 Å². The van der Waals surface area contributed by atoms with E-state index in [-0.39, 0.29) is 0 Å². The molecular formula is C19H25NO3. The fourth-order valence-corrected chi connectivity index (χ4v) is 2.58. The van der Waals surface area contributed by atoms with E-state index >= 15 is 0 Å². The molecule has 23 heavy (non-hydrogen) atoms. The minimum Gasteiger partial charge on any atom is -0.496 e. The molecule has 0 fully saturated rings. The summed E-state index contributed by atoms with van der Waals surface area (Å²) < 4.78 is 10.9. The molecule has 0 saturated carbocycles. The molecule has 0 aliphatic rings. The molecule has 0 unspecified atom stereocenters. The molecule has 1 atom stereocenters. The summed E-state index contributed by atoms with van der Waals surface area (Å²) >= 11 is 0. The van der Waals surface area contributed by atoms with Gasteiger partial charge in [0.15, 0.2) is 0 Å². The Morgan fingerprint density at radius 1 is 1.26 bits per heavy atom. The fourth-order valence-electron chi connectivity index (χ4n) is 2.58. The predicted octanol–water partition coefficient (Wildman–Crippen LogP) is 3.62. The van der Waals surface area contributed by atoms with E-state index in [0.29, 0.717) is 26.1 Å². The van der Waals surface area contributed by atoms with Crippen LogP contribution in [-0.2, 0) is 13.1 Å². The lowest BCUT2D eigenvalue weighted by Gasteiger charge is -2.25. The van der Waals surface area contributed by atoms with E-state index in [0.717, 1.165) is 23.5 Å². The number of nitrogens with zero attached hydrogens (tertiary/aromatic N) is 1. The Balaban J connectivity index is 2.07. The van der Waals surface area contributed by atoms with E-state index in [4.69, 9.17) is 9.15 Å². The van der Waals surface area contributed by atoms with Crippen LogP contribution in [0, 0.1) is 0 Å². The number of ether oxygens (including phenoxy) is 1. The van der Waals surface area contributed by atoms with Crippen LogP contribution in [0.25, 0.3) is 0 Å². The third kappa shape index (κ3) is 5.58. The lowest BCUT2D eigenvalue weighted by atomic mass is 10.1. The summed E-state index contributed by atoms with van der Waals surface area (Å²) in [6, 6.07) is 11.8. The Hall–Kier alpha value is -2.04. The molecule has 0 bridgehead atoms. The maximum atomic E-state index is 10.2. The van der Waals surface area contributed by atoms with Crippen LogP contribution < -0.4 is 4.74 Å². The first-order valence-corrected chi connectivity index (χ1v) is 7.88. The summed E-state index contributed by atoms with van der Waals surface area (Å²) in [7, 11) is 1.68. The van der Waals surface area contributed by atoms with Crippen molar-refractivity contribution in [1.82, 2.24) is 4.90 Å². The lowest BCUT2D eigenvalue weighted by Crippen LogP contribution is -2.31. The normalized spacial score (nSPS) is 12.3. The number of rotatable bonds is 10. The zero-order valence-electron chi connectivity index (χ0n) is 13.6. The van der Waals surface area contributed by atoms with Crippen LogP contribution in [0.2, 0.25) is 0 Å². The Bertz CT molecular complexity index is 580. The summed E-state index contributed by atoms with van der Waals surface area (Å²) in [6.07, 6.45) is 4.64. The molecule has 0 spiro atoms. The van der Waals surface area contributed by atoms with Gasteiger partial charge in [-0.15, -0.1) is 6.58 Å². The largest absolute Gasteiger partial charge is 0.496 e. The van der Waals surface area contributed by atoms with Gasteiger partial charge in [-0.05, 0) is 31.0 Å². The van der Waals surface area contributed by atoms with Gasteiger partial charge in [-0.1, -0.05) is 24.3 Å². The molecule has 1 N–H and O–H groups in total. The number of allylic oxidation sites excluding steroid dienone is 1. The molecule has 4 heteroatoms. The van der Waals surface area contributed by atoms with Crippen LogP contribution in [0.3, 0.4) is 0 Å². The molecule has 1 aromatic heterocycles. The van der Waals surface area contributed by atoms with Crippen molar-refractivity contribution in [2.24, 2.45) is 0 Å². The maximum absolute atomic E-state index is 10.2. The first-order chi connectivity index (χ1) is 11.2. The van der Waals surface area contributed by atoms with Crippen molar-refractivity contribution in [3.8, 4) is 5.75 Å². The van der Waals surface area contributed by atoms with Gasteiger partial charge < -0.3 is 14.3 Å². The van der Waals surface area contributed by atoms with Crippen LogP contribution in [-0.4, -0.2) is 29.8 Å². The molecule has 0 amide bonds. The summed E-state index contributed by atoms with van der Waals surface area (Å²) in [5, 5.41) is 10.2. The molecule has 0 radical (unpaired) electrons. The summed E-state index contributed by atoms with van der Waals surface area (Å²) in [4.78, 5) is 2.17. The van der Waals surface area contributed by atoms with Gasteiger partial charge in [0.25, 0.3) is 0 Å². The Morgan fingerprint density at radius 3 is 2.78 bits per heavy atom. The first kappa shape index (κ1) is 17.3. The van der Waals surface area contributed by atoms with Crippen LogP contribution in [0.4, 0.5) is 0 Å². The zero-order valence-corrected chi connectivity index (χ0v) is 13.6. The van der Waals surface area contributed by atoms with Crippen LogP contribution >= 0.6 is 0 Å². The van der Waals surface area contributed by atoms with Gasteiger partial charge in [0, 0.05) is 18.7 Å².